The monoisotopic (exact) mass is 336 g/mol. The van der Waals surface area contributed by atoms with Crippen LogP contribution in [-0.2, 0) is 21.0 Å². The molecule has 0 aromatic heterocycles. The van der Waals surface area contributed by atoms with E-state index in [-0.39, 0.29) is 16.2 Å². The summed E-state index contributed by atoms with van der Waals surface area (Å²) in [5.74, 6) is -0.363. The summed E-state index contributed by atoms with van der Waals surface area (Å²) in [5, 5.41) is 8.88. The highest BCUT2D eigenvalue weighted by Crippen LogP contribution is 2.65. The van der Waals surface area contributed by atoms with E-state index in [1.54, 1.807) is 6.08 Å². The molecular formula is C23H28O2. The Balaban J connectivity index is 1.68. The SMILES string of the molecule is CC1(C)CCC(C)(C)c2cc(C34CC=C(C=CC(=O)O)C3C4)ccc21. The van der Waals surface area contributed by atoms with Crippen molar-refractivity contribution in [2.45, 2.75) is 69.6 Å². The van der Waals surface area contributed by atoms with Crippen LogP contribution < -0.4 is 0 Å². The lowest BCUT2D eigenvalue weighted by Crippen LogP contribution is -2.34. The number of carboxylic acid groups (broad SMARTS) is 1. The molecule has 25 heavy (non-hydrogen) atoms. The first kappa shape index (κ1) is 16.6. The summed E-state index contributed by atoms with van der Waals surface area (Å²) in [6.07, 6.45) is 9.99. The third-order valence-electron chi connectivity index (χ3n) is 7.03. The first-order valence-electron chi connectivity index (χ1n) is 9.42. The second kappa shape index (κ2) is 5.09. The van der Waals surface area contributed by atoms with Crippen LogP contribution in [0.3, 0.4) is 0 Å². The van der Waals surface area contributed by atoms with Crippen LogP contribution in [0.25, 0.3) is 0 Å². The van der Waals surface area contributed by atoms with Gasteiger partial charge in [0.05, 0.1) is 0 Å². The van der Waals surface area contributed by atoms with Crippen molar-refractivity contribution in [2.24, 2.45) is 5.92 Å². The van der Waals surface area contributed by atoms with E-state index in [1.165, 1.54) is 41.2 Å². The number of hydrogen-bond donors (Lipinski definition) is 1. The maximum atomic E-state index is 10.8. The molecular weight excluding hydrogens is 308 g/mol. The van der Waals surface area contributed by atoms with Gasteiger partial charge in [0.25, 0.3) is 0 Å². The minimum Gasteiger partial charge on any atom is -0.478 e. The molecule has 0 amide bonds. The zero-order chi connectivity index (χ0) is 18.0. The Labute approximate surface area is 150 Å². The number of hydrogen-bond acceptors (Lipinski definition) is 1. The van der Waals surface area contributed by atoms with E-state index in [0.29, 0.717) is 5.92 Å². The van der Waals surface area contributed by atoms with Gasteiger partial charge in [-0.05, 0) is 64.7 Å². The van der Waals surface area contributed by atoms with E-state index in [4.69, 9.17) is 5.11 Å². The van der Waals surface area contributed by atoms with Gasteiger partial charge in [-0.15, -0.1) is 0 Å². The summed E-state index contributed by atoms with van der Waals surface area (Å²) in [5.41, 5.74) is 6.42. The Bertz CT molecular complexity index is 809. The van der Waals surface area contributed by atoms with E-state index >= 15 is 0 Å². The molecule has 2 unspecified atom stereocenters. The van der Waals surface area contributed by atoms with Crippen molar-refractivity contribution in [2.75, 3.05) is 0 Å². The number of rotatable bonds is 3. The number of allylic oxidation sites excluding steroid dienone is 3. The molecule has 4 rings (SSSR count). The lowest BCUT2D eigenvalue weighted by molar-refractivity contribution is -0.131. The summed E-state index contributed by atoms with van der Waals surface area (Å²) in [6.45, 7) is 9.48. The molecule has 1 aromatic carbocycles. The van der Waals surface area contributed by atoms with E-state index in [9.17, 15) is 4.79 Å². The van der Waals surface area contributed by atoms with E-state index in [0.717, 1.165) is 12.8 Å². The molecule has 0 saturated heterocycles. The maximum absolute atomic E-state index is 10.8. The number of aliphatic carboxylic acids is 1. The molecule has 0 spiro atoms. The van der Waals surface area contributed by atoms with Crippen molar-refractivity contribution in [1.29, 1.82) is 0 Å². The summed E-state index contributed by atoms with van der Waals surface area (Å²) in [7, 11) is 0. The molecule has 1 saturated carbocycles. The minimum absolute atomic E-state index is 0.227. The van der Waals surface area contributed by atoms with Crippen LogP contribution in [0.2, 0.25) is 0 Å². The molecule has 1 N–H and O–H groups in total. The van der Waals surface area contributed by atoms with Gasteiger partial charge in [0.15, 0.2) is 0 Å². The molecule has 2 atom stereocenters. The van der Waals surface area contributed by atoms with Crippen LogP contribution in [-0.4, -0.2) is 11.1 Å². The third kappa shape index (κ3) is 2.49. The molecule has 0 bridgehead atoms. The molecule has 3 aliphatic carbocycles. The van der Waals surface area contributed by atoms with Gasteiger partial charge in [-0.2, -0.15) is 0 Å². The Kier molecular flexibility index (Phi) is 3.39. The Morgan fingerprint density at radius 2 is 1.80 bits per heavy atom. The normalized spacial score (nSPS) is 31.4. The van der Waals surface area contributed by atoms with Crippen molar-refractivity contribution in [3.05, 3.63) is 58.7 Å². The fourth-order valence-electron chi connectivity index (χ4n) is 5.10. The lowest BCUT2D eigenvalue weighted by Gasteiger charge is -2.42. The van der Waals surface area contributed by atoms with Gasteiger partial charge in [-0.25, -0.2) is 4.79 Å². The highest BCUT2D eigenvalue weighted by molar-refractivity contribution is 5.80. The van der Waals surface area contributed by atoms with Crippen LogP contribution in [0.4, 0.5) is 0 Å². The molecule has 1 aromatic rings. The average molecular weight is 336 g/mol. The third-order valence-corrected chi connectivity index (χ3v) is 7.03. The average Bonchev–Trinajstić information content (AvgIpc) is 3.18. The van der Waals surface area contributed by atoms with E-state index in [2.05, 4.69) is 52.0 Å². The summed E-state index contributed by atoms with van der Waals surface area (Å²) in [4.78, 5) is 10.8. The molecule has 0 aliphatic heterocycles. The molecule has 2 nitrogen and oxygen atoms in total. The lowest BCUT2D eigenvalue weighted by atomic mass is 9.62. The quantitative estimate of drug-likeness (QED) is 0.764. The standard InChI is InChI=1S/C23H28O2/c1-21(2)11-12-22(3,4)18-13-16(6-7-17(18)21)23-10-9-15(19(23)14-23)5-8-20(24)25/h5-9,13,19H,10-12,14H2,1-4H3,(H,24,25). The van der Waals surface area contributed by atoms with Gasteiger partial charge in [-0.3, -0.25) is 0 Å². The predicted molar refractivity (Wildman–Crippen MR) is 101 cm³/mol. The molecule has 0 radical (unpaired) electrons. The number of fused-ring (bicyclic) bond motifs is 2. The largest absolute Gasteiger partial charge is 0.478 e. The first-order valence-corrected chi connectivity index (χ1v) is 9.42. The van der Waals surface area contributed by atoms with Crippen molar-refractivity contribution in [1.82, 2.24) is 0 Å². The minimum atomic E-state index is -0.864. The van der Waals surface area contributed by atoms with Gasteiger partial charge >= 0.3 is 5.97 Å². The number of carbonyl (C=O) groups is 1. The second-order valence-electron chi connectivity index (χ2n) is 9.52. The first-order chi connectivity index (χ1) is 11.7. The zero-order valence-corrected chi connectivity index (χ0v) is 15.7. The summed E-state index contributed by atoms with van der Waals surface area (Å²) < 4.78 is 0. The molecule has 3 aliphatic rings. The Morgan fingerprint density at radius 1 is 1.12 bits per heavy atom. The van der Waals surface area contributed by atoms with Gasteiger partial charge in [-0.1, -0.05) is 58.0 Å². The van der Waals surface area contributed by atoms with Gasteiger partial charge < -0.3 is 5.11 Å². The fourth-order valence-corrected chi connectivity index (χ4v) is 5.10. The topological polar surface area (TPSA) is 37.3 Å². The summed E-state index contributed by atoms with van der Waals surface area (Å²) in [6, 6.07) is 7.20. The predicted octanol–water partition coefficient (Wildman–Crippen LogP) is 5.26. The zero-order valence-electron chi connectivity index (χ0n) is 15.7. The van der Waals surface area contributed by atoms with Crippen molar-refractivity contribution in [3.63, 3.8) is 0 Å². The molecule has 0 heterocycles. The van der Waals surface area contributed by atoms with Gasteiger partial charge in [0, 0.05) is 11.5 Å². The van der Waals surface area contributed by atoms with E-state index in [1.807, 2.05) is 0 Å². The number of carboxylic acids is 1. The van der Waals surface area contributed by atoms with Crippen molar-refractivity contribution >= 4 is 5.97 Å². The smallest absolute Gasteiger partial charge is 0.328 e. The maximum Gasteiger partial charge on any atom is 0.328 e. The van der Waals surface area contributed by atoms with Crippen LogP contribution in [0.1, 0.15) is 70.1 Å². The van der Waals surface area contributed by atoms with Crippen molar-refractivity contribution in [3.8, 4) is 0 Å². The highest BCUT2D eigenvalue weighted by atomic mass is 16.4. The number of benzene rings is 1. The molecule has 132 valence electrons. The van der Waals surface area contributed by atoms with Crippen LogP contribution in [0.5, 0.6) is 0 Å². The molecule has 1 fully saturated rings. The highest BCUT2D eigenvalue weighted by Gasteiger charge is 2.58. The van der Waals surface area contributed by atoms with Crippen molar-refractivity contribution < 1.29 is 9.90 Å². The fraction of sp³-hybridized carbons (Fsp3) is 0.522. The molecule has 2 heteroatoms. The van der Waals surface area contributed by atoms with E-state index < -0.39 is 5.97 Å². The Hall–Kier alpha value is -1.83. The Morgan fingerprint density at radius 3 is 2.44 bits per heavy atom. The van der Waals surface area contributed by atoms with Gasteiger partial charge in [0.1, 0.15) is 0 Å². The summed E-state index contributed by atoms with van der Waals surface area (Å²) >= 11 is 0. The second-order valence-corrected chi connectivity index (χ2v) is 9.52. The van der Waals surface area contributed by atoms with Crippen LogP contribution in [0, 0.1) is 5.92 Å². The van der Waals surface area contributed by atoms with Gasteiger partial charge in [0.2, 0.25) is 0 Å². The van der Waals surface area contributed by atoms with Crippen LogP contribution >= 0.6 is 0 Å². The van der Waals surface area contributed by atoms with Crippen LogP contribution in [0.15, 0.2) is 42.0 Å².